The molecule has 2 heterocycles. The molecule has 0 aliphatic carbocycles. The number of nitrogens with one attached hydrogen (secondary N) is 1. The lowest BCUT2D eigenvalue weighted by molar-refractivity contribution is -0.120. The van der Waals surface area contributed by atoms with E-state index in [9.17, 15) is 4.79 Å². The molecule has 0 bridgehead atoms. The number of nitrogens with zero attached hydrogens (tertiary/aromatic N) is 3. The number of unbranched alkanes of at least 4 members (excludes halogenated alkanes) is 1. The normalized spacial score (nSPS) is 16.4. The van der Waals surface area contributed by atoms with E-state index in [2.05, 4.69) is 27.3 Å². The van der Waals surface area contributed by atoms with Crippen molar-refractivity contribution in [3.8, 4) is 11.5 Å². The van der Waals surface area contributed by atoms with Crippen LogP contribution in [0.15, 0.2) is 30.3 Å². The van der Waals surface area contributed by atoms with Gasteiger partial charge in [-0.25, -0.2) is 0 Å². The summed E-state index contributed by atoms with van der Waals surface area (Å²) < 4.78 is 11.2. The summed E-state index contributed by atoms with van der Waals surface area (Å²) >= 11 is 5.83. The molecule has 1 aliphatic rings. The van der Waals surface area contributed by atoms with Crippen molar-refractivity contribution in [3.05, 3.63) is 35.5 Å². The summed E-state index contributed by atoms with van der Waals surface area (Å²) in [6, 6.07) is 9.00. The van der Waals surface area contributed by atoms with Crippen LogP contribution in [0, 0.1) is 5.92 Å². The van der Waals surface area contributed by atoms with E-state index in [1.807, 2.05) is 18.2 Å². The molecule has 2 aromatic rings. The number of benzene rings is 1. The Morgan fingerprint density at radius 2 is 2.17 bits per heavy atom. The largest absolute Gasteiger partial charge is 0.497 e. The minimum atomic E-state index is -0.157. The number of hydrogen-bond acceptors (Lipinski definition) is 6. The molecule has 29 heavy (non-hydrogen) atoms. The van der Waals surface area contributed by atoms with E-state index in [1.165, 1.54) is 0 Å². The van der Waals surface area contributed by atoms with Crippen LogP contribution in [0.1, 0.15) is 32.6 Å². The van der Waals surface area contributed by atoms with Gasteiger partial charge in [0.15, 0.2) is 11.0 Å². The van der Waals surface area contributed by atoms with Crippen LogP contribution in [0.5, 0.6) is 11.5 Å². The van der Waals surface area contributed by atoms with Crippen LogP contribution in [0.3, 0.4) is 0 Å². The number of halogens is 1. The van der Waals surface area contributed by atoms with Crippen LogP contribution >= 0.6 is 11.6 Å². The number of hydrogen-bond donors (Lipinski definition) is 1. The number of amides is 1. The third-order valence-electron chi connectivity index (χ3n) is 4.93. The average Bonchev–Trinajstić information content (AvgIpc) is 2.75. The first-order chi connectivity index (χ1) is 14.1. The van der Waals surface area contributed by atoms with Gasteiger partial charge < -0.3 is 19.7 Å². The third kappa shape index (κ3) is 5.73. The number of ether oxygens (including phenoxy) is 2. The highest BCUT2D eigenvalue weighted by atomic mass is 35.5. The number of aromatic nitrogens is 2. The zero-order valence-corrected chi connectivity index (χ0v) is 17.6. The summed E-state index contributed by atoms with van der Waals surface area (Å²) in [6.07, 6.45) is 3.72. The first-order valence-corrected chi connectivity index (χ1v) is 10.3. The fraction of sp³-hybridized carbons (Fsp3) is 0.476. The maximum atomic E-state index is 13.0. The van der Waals surface area contributed by atoms with Crippen LogP contribution < -0.4 is 19.7 Å². The highest BCUT2D eigenvalue weighted by molar-refractivity contribution is 6.29. The van der Waals surface area contributed by atoms with Gasteiger partial charge in [-0.15, -0.1) is 10.2 Å². The molecule has 0 unspecified atom stereocenters. The molecule has 156 valence electrons. The van der Waals surface area contributed by atoms with Gasteiger partial charge in [-0.2, -0.15) is 0 Å². The molecule has 0 spiro atoms. The lowest BCUT2D eigenvalue weighted by atomic mass is 9.97. The van der Waals surface area contributed by atoms with Crippen LogP contribution in [0.25, 0.3) is 0 Å². The Labute approximate surface area is 176 Å². The first kappa shape index (κ1) is 21.2. The van der Waals surface area contributed by atoms with Gasteiger partial charge in [-0.3, -0.25) is 4.79 Å². The molecule has 1 N–H and O–H groups in total. The average molecular weight is 419 g/mol. The van der Waals surface area contributed by atoms with Crippen molar-refractivity contribution in [2.45, 2.75) is 32.6 Å². The zero-order chi connectivity index (χ0) is 20.6. The maximum Gasteiger partial charge on any atom is 0.229 e. The van der Waals surface area contributed by atoms with Gasteiger partial charge in [0.1, 0.15) is 11.5 Å². The summed E-state index contributed by atoms with van der Waals surface area (Å²) in [5.41, 5.74) is 0.633. The van der Waals surface area contributed by atoms with Gasteiger partial charge in [-0.1, -0.05) is 24.9 Å². The van der Waals surface area contributed by atoms with Gasteiger partial charge in [0.25, 0.3) is 0 Å². The third-order valence-corrected chi connectivity index (χ3v) is 5.14. The Kier molecular flexibility index (Phi) is 7.52. The molecular weight excluding hydrogens is 392 g/mol. The van der Waals surface area contributed by atoms with Gasteiger partial charge in [0, 0.05) is 19.2 Å². The van der Waals surface area contributed by atoms with Gasteiger partial charge in [-0.05, 0) is 43.5 Å². The second-order valence-electron chi connectivity index (χ2n) is 7.05. The van der Waals surface area contributed by atoms with E-state index >= 15 is 0 Å². The van der Waals surface area contributed by atoms with E-state index in [1.54, 1.807) is 19.2 Å². The fourth-order valence-corrected chi connectivity index (χ4v) is 3.40. The highest BCUT2D eigenvalue weighted by Gasteiger charge is 2.27. The van der Waals surface area contributed by atoms with Gasteiger partial charge in [0.2, 0.25) is 5.91 Å². The van der Waals surface area contributed by atoms with E-state index in [4.69, 9.17) is 21.1 Å². The standard InChI is InChI=1S/C21H27ClN4O3/c1-3-4-12-29-18-8-7-16(28-2)13-17(18)23-21(27)15-6-5-11-26(14-15)20-10-9-19(22)24-25-20/h7-10,13,15H,3-6,11-12,14H2,1-2H3,(H,23,27)/t15-/m1/s1. The molecule has 0 radical (unpaired) electrons. The van der Waals surface area contributed by atoms with Crippen LogP contribution in [-0.4, -0.2) is 42.9 Å². The Morgan fingerprint density at radius 1 is 1.31 bits per heavy atom. The van der Waals surface area contributed by atoms with E-state index in [0.717, 1.165) is 38.0 Å². The topological polar surface area (TPSA) is 76.6 Å². The molecule has 1 fully saturated rings. The first-order valence-electron chi connectivity index (χ1n) is 9.96. The predicted octanol–water partition coefficient (Wildman–Crippen LogP) is 4.17. The Morgan fingerprint density at radius 3 is 2.90 bits per heavy atom. The molecule has 7 nitrogen and oxygen atoms in total. The number of piperidine rings is 1. The number of anilines is 2. The molecule has 1 aromatic heterocycles. The molecule has 1 amide bonds. The van der Waals surface area contributed by atoms with Crippen molar-refractivity contribution in [1.29, 1.82) is 0 Å². The van der Waals surface area contributed by atoms with E-state index in [-0.39, 0.29) is 11.8 Å². The summed E-state index contributed by atoms with van der Waals surface area (Å²) in [5.74, 6) is 1.87. The Balaban J connectivity index is 1.69. The van der Waals surface area contributed by atoms with Crippen molar-refractivity contribution >= 4 is 29.0 Å². The van der Waals surface area contributed by atoms with Crippen molar-refractivity contribution in [2.24, 2.45) is 5.92 Å². The Hall–Kier alpha value is -2.54. The minimum Gasteiger partial charge on any atom is -0.497 e. The molecule has 1 atom stereocenters. The predicted molar refractivity (Wildman–Crippen MR) is 114 cm³/mol. The van der Waals surface area contributed by atoms with Crippen molar-refractivity contribution in [1.82, 2.24) is 10.2 Å². The van der Waals surface area contributed by atoms with Gasteiger partial charge >= 0.3 is 0 Å². The minimum absolute atomic E-state index is 0.0368. The molecule has 3 rings (SSSR count). The van der Waals surface area contributed by atoms with Gasteiger partial charge in [0.05, 0.1) is 25.3 Å². The lowest BCUT2D eigenvalue weighted by Crippen LogP contribution is -2.41. The smallest absolute Gasteiger partial charge is 0.229 e. The van der Waals surface area contributed by atoms with E-state index < -0.39 is 0 Å². The number of methoxy groups -OCH3 is 1. The molecular formula is C21H27ClN4O3. The second kappa shape index (κ2) is 10.3. The molecule has 1 aromatic carbocycles. The quantitative estimate of drug-likeness (QED) is 0.648. The summed E-state index contributed by atoms with van der Waals surface area (Å²) in [7, 11) is 1.60. The van der Waals surface area contributed by atoms with Crippen molar-refractivity contribution in [2.75, 3.05) is 37.0 Å². The molecule has 8 heteroatoms. The molecule has 1 saturated heterocycles. The molecule has 0 saturated carbocycles. The maximum absolute atomic E-state index is 13.0. The monoisotopic (exact) mass is 418 g/mol. The van der Waals surface area contributed by atoms with E-state index in [0.29, 0.717) is 35.5 Å². The molecule has 1 aliphatic heterocycles. The van der Waals surface area contributed by atoms with Crippen LogP contribution in [0.2, 0.25) is 5.15 Å². The fourth-order valence-electron chi connectivity index (χ4n) is 3.30. The number of carbonyl (C=O) groups excluding carboxylic acids is 1. The summed E-state index contributed by atoms with van der Waals surface area (Å²) in [6.45, 7) is 4.14. The number of rotatable bonds is 8. The Bertz CT molecular complexity index is 816. The number of carbonyl (C=O) groups is 1. The summed E-state index contributed by atoms with van der Waals surface area (Å²) in [4.78, 5) is 15.1. The summed E-state index contributed by atoms with van der Waals surface area (Å²) in [5, 5.41) is 11.4. The highest BCUT2D eigenvalue weighted by Crippen LogP contribution is 2.31. The van der Waals surface area contributed by atoms with Crippen molar-refractivity contribution < 1.29 is 14.3 Å². The van der Waals surface area contributed by atoms with Crippen molar-refractivity contribution in [3.63, 3.8) is 0 Å². The SMILES string of the molecule is CCCCOc1ccc(OC)cc1NC(=O)[C@@H]1CCCN(c2ccc(Cl)nn2)C1. The lowest BCUT2D eigenvalue weighted by Gasteiger charge is -2.32. The second-order valence-corrected chi connectivity index (χ2v) is 7.44. The zero-order valence-electron chi connectivity index (χ0n) is 16.9. The van der Waals surface area contributed by atoms with Crippen LogP contribution in [-0.2, 0) is 4.79 Å². The van der Waals surface area contributed by atoms with Crippen LogP contribution in [0.4, 0.5) is 11.5 Å².